The van der Waals surface area contributed by atoms with E-state index in [0.717, 1.165) is 18.5 Å². The molecule has 114 valence electrons. The molecule has 1 aromatic rings. The van der Waals surface area contributed by atoms with Crippen molar-refractivity contribution in [3.8, 4) is 0 Å². The number of hydrogen-bond acceptors (Lipinski definition) is 3. The normalized spacial score (nSPS) is 16.4. The number of aromatic nitrogens is 1. The van der Waals surface area contributed by atoms with E-state index in [-0.39, 0.29) is 12.6 Å². The van der Waals surface area contributed by atoms with Gasteiger partial charge in [-0.25, -0.2) is 4.79 Å². The Bertz CT molecular complexity index is 498. The summed E-state index contributed by atoms with van der Waals surface area (Å²) >= 11 is 0. The van der Waals surface area contributed by atoms with Crippen molar-refractivity contribution in [3.05, 3.63) is 30.1 Å². The number of carbonyl (C=O) groups excluding carboxylic acids is 1. The zero-order chi connectivity index (χ0) is 15.3. The first-order chi connectivity index (χ1) is 10.0. The van der Waals surface area contributed by atoms with Gasteiger partial charge in [-0.05, 0) is 25.0 Å². The molecule has 1 aromatic heterocycles. The number of nitrogens with one attached hydrogen (secondary N) is 1. The van der Waals surface area contributed by atoms with Gasteiger partial charge in [0.1, 0.15) is 0 Å². The molecule has 0 atom stereocenters. The molecular weight excluding hydrogens is 270 g/mol. The van der Waals surface area contributed by atoms with Gasteiger partial charge in [-0.2, -0.15) is 0 Å². The monoisotopic (exact) mass is 291 g/mol. The lowest BCUT2D eigenvalue weighted by atomic mass is 9.86. The van der Waals surface area contributed by atoms with Crippen molar-refractivity contribution in [3.63, 3.8) is 0 Å². The lowest BCUT2D eigenvalue weighted by molar-refractivity contribution is -0.148. The Hall–Kier alpha value is -2.11. The highest BCUT2D eigenvalue weighted by molar-refractivity contribution is 5.78. The van der Waals surface area contributed by atoms with Crippen LogP contribution in [0.25, 0.3) is 0 Å². The molecule has 0 bridgehead atoms. The van der Waals surface area contributed by atoms with Crippen LogP contribution in [0.15, 0.2) is 24.4 Å². The Morgan fingerprint density at radius 2 is 2.10 bits per heavy atom. The number of amides is 2. The molecule has 2 rings (SSSR count). The van der Waals surface area contributed by atoms with E-state index in [1.54, 1.807) is 13.2 Å². The maximum atomic E-state index is 12.1. The third-order valence-electron chi connectivity index (χ3n) is 4.06. The smallest absolute Gasteiger partial charge is 0.317 e. The Kier molecular flexibility index (Phi) is 4.77. The molecule has 1 saturated carbocycles. The molecule has 2 N–H and O–H groups in total. The number of carbonyl (C=O) groups is 2. The van der Waals surface area contributed by atoms with Crippen LogP contribution in [0.1, 0.15) is 31.4 Å². The molecule has 1 fully saturated rings. The van der Waals surface area contributed by atoms with E-state index in [2.05, 4.69) is 10.3 Å². The van der Waals surface area contributed by atoms with Crippen molar-refractivity contribution in [2.75, 3.05) is 13.6 Å². The lowest BCUT2D eigenvalue weighted by Crippen LogP contribution is -2.45. The minimum absolute atomic E-state index is 0.188. The van der Waals surface area contributed by atoms with Crippen LogP contribution >= 0.6 is 0 Å². The Morgan fingerprint density at radius 3 is 2.67 bits per heavy atom. The molecule has 2 amide bonds. The van der Waals surface area contributed by atoms with E-state index in [0.29, 0.717) is 19.4 Å². The lowest BCUT2D eigenvalue weighted by Gasteiger charge is -2.26. The summed E-state index contributed by atoms with van der Waals surface area (Å²) in [4.78, 5) is 29.2. The van der Waals surface area contributed by atoms with Gasteiger partial charge < -0.3 is 15.3 Å². The minimum Gasteiger partial charge on any atom is -0.481 e. The highest BCUT2D eigenvalue weighted by Crippen LogP contribution is 2.37. The summed E-state index contributed by atoms with van der Waals surface area (Å²) in [6.45, 7) is 0.584. The quantitative estimate of drug-likeness (QED) is 0.867. The van der Waals surface area contributed by atoms with Gasteiger partial charge in [0.15, 0.2) is 0 Å². The molecule has 6 heteroatoms. The number of rotatable bonds is 5. The maximum absolute atomic E-state index is 12.1. The summed E-state index contributed by atoms with van der Waals surface area (Å²) in [7, 11) is 1.67. The molecule has 0 saturated heterocycles. The largest absolute Gasteiger partial charge is 0.481 e. The van der Waals surface area contributed by atoms with Gasteiger partial charge in [0.2, 0.25) is 0 Å². The molecule has 21 heavy (non-hydrogen) atoms. The van der Waals surface area contributed by atoms with Crippen LogP contribution in [0.5, 0.6) is 0 Å². The molecule has 0 spiro atoms. The number of hydrogen-bond donors (Lipinski definition) is 2. The molecule has 1 aliphatic carbocycles. The minimum atomic E-state index is -0.812. The van der Waals surface area contributed by atoms with Crippen LogP contribution in [0.4, 0.5) is 4.79 Å². The van der Waals surface area contributed by atoms with Crippen molar-refractivity contribution < 1.29 is 14.7 Å². The van der Waals surface area contributed by atoms with Crippen molar-refractivity contribution in [2.45, 2.75) is 32.2 Å². The van der Waals surface area contributed by atoms with E-state index in [9.17, 15) is 14.7 Å². The van der Waals surface area contributed by atoms with Crippen molar-refractivity contribution in [1.29, 1.82) is 0 Å². The molecule has 6 nitrogen and oxygen atoms in total. The second-order valence-corrected chi connectivity index (χ2v) is 5.63. The van der Waals surface area contributed by atoms with Crippen LogP contribution < -0.4 is 5.32 Å². The summed E-state index contributed by atoms with van der Waals surface area (Å²) in [5, 5.41) is 12.1. The Labute approximate surface area is 124 Å². The van der Waals surface area contributed by atoms with E-state index in [4.69, 9.17) is 0 Å². The van der Waals surface area contributed by atoms with Gasteiger partial charge in [-0.3, -0.25) is 9.78 Å². The zero-order valence-electron chi connectivity index (χ0n) is 12.2. The molecule has 0 unspecified atom stereocenters. The maximum Gasteiger partial charge on any atom is 0.317 e. The predicted molar refractivity (Wildman–Crippen MR) is 77.6 cm³/mol. The van der Waals surface area contributed by atoms with Crippen LogP contribution in [0.2, 0.25) is 0 Å². The standard InChI is InChI=1S/C15H21N3O3/c1-18(10-12-6-2-5-9-16-12)14(21)17-11-15(13(19)20)7-3-4-8-15/h2,5-6,9H,3-4,7-8,10-11H2,1H3,(H,17,21)(H,19,20). The highest BCUT2D eigenvalue weighted by atomic mass is 16.4. The van der Waals surface area contributed by atoms with Crippen LogP contribution in [-0.4, -0.2) is 40.6 Å². The second kappa shape index (κ2) is 6.56. The van der Waals surface area contributed by atoms with Crippen molar-refractivity contribution >= 4 is 12.0 Å². The summed E-state index contributed by atoms with van der Waals surface area (Å²) < 4.78 is 0. The van der Waals surface area contributed by atoms with E-state index in [1.165, 1.54) is 4.90 Å². The Balaban J connectivity index is 1.87. The van der Waals surface area contributed by atoms with Crippen LogP contribution in [0, 0.1) is 5.41 Å². The number of carboxylic acids is 1. The van der Waals surface area contributed by atoms with Crippen molar-refractivity contribution in [2.24, 2.45) is 5.41 Å². The van der Waals surface area contributed by atoms with Crippen LogP contribution in [-0.2, 0) is 11.3 Å². The van der Waals surface area contributed by atoms with Crippen LogP contribution in [0.3, 0.4) is 0 Å². The molecule has 0 aliphatic heterocycles. The summed E-state index contributed by atoms with van der Waals surface area (Å²) in [6, 6.07) is 5.26. The third-order valence-corrected chi connectivity index (χ3v) is 4.06. The van der Waals surface area contributed by atoms with E-state index in [1.807, 2.05) is 18.2 Å². The molecule has 0 aromatic carbocycles. The predicted octanol–water partition coefficient (Wildman–Crippen LogP) is 1.87. The first-order valence-corrected chi connectivity index (χ1v) is 7.16. The van der Waals surface area contributed by atoms with E-state index < -0.39 is 11.4 Å². The number of pyridine rings is 1. The van der Waals surface area contributed by atoms with Gasteiger partial charge in [0.25, 0.3) is 0 Å². The number of urea groups is 1. The first-order valence-electron chi connectivity index (χ1n) is 7.16. The molecule has 0 radical (unpaired) electrons. The van der Waals surface area contributed by atoms with Gasteiger partial charge >= 0.3 is 12.0 Å². The molecule has 1 heterocycles. The van der Waals surface area contributed by atoms with Crippen molar-refractivity contribution in [1.82, 2.24) is 15.2 Å². The van der Waals surface area contributed by atoms with Gasteiger partial charge in [-0.1, -0.05) is 18.9 Å². The van der Waals surface area contributed by atoms with Gasteiger partial charge in [-0.15, -0.1) is 0 Å². The molecular formula is C15H21N3O3. The Morgan fingerprint density at radius 1 is 1.38 bits per heavy atom. The average Bonchev–Trinajstić information content (AvgIpc) is 2.96. The topological polar surface area (TPSA) is 82.5 Å². The third kappa shape index (κ3) is 3.71. The van der Waals surface area contributed by atoms with Gasteiger partial charge in [0.05, 0.1) is 17.7 Å². The fraction of sp³-hybridized carbons (Fsp3) is 0.533. The zero-order valence-corrected chi connectivity index (χ0v) is 12.2. The average molecular weight is 291 g/mol. The fourth-order valence-electron chi connectivity index (χ4n) is 2.70. The number of carboxylic acid groups (broad SMARTS) is 1. The van der Waals surface area contributed by atoms with E-state index >= 15 is 0 Å². The fourth-order valence-corrected chi connectivity index (χ4v) is 2.70. The summed E-state index contributed by atoms with van der Waals surface area (Å²) in [5.74, 6) is -0.812. The summed E-state index contributed by atoms with van der Waals surface area (Å²) in [6.07, 6.45) is 4.76. The molecule has 1 aliphatic rings. The first kappa shape index (κ1) is 15.3. The highest BCUT2D eigenvalue weighted by Gasteiger charge is 2.41. The number of aliphatic carboxylic acids is 1. The SMILES string of the molecule is CN(Cc1ccccn1)C(=O)NCC1(C(=O)O)CCCC1. The second-order valence-electron chi connectivity index (χ2n) is 5.63. The summed E-state index contributed by atoms with van der Waals surface area (Å²) in [5.41, 5.74) is 0.00516. The number of nitrogens with zero attached hydrogens (tertiary/aromatic N) is 2. The van der Waals surface area contributed by atoms with Gasteiger partial charge in [0, 0.05) is 19.8 Å².